The molecule has 0 amide bonds. The molecule has 0 aliphatic heterocycles. The molecule has 1 aromatic heterocycles. The minimum atomic E-state index is -0.705. The molecule has 1 heterocycles. The lowest BCUT2D eigenvalue weighted by molar-refractivity contribution is 0.0526. The van der Waals surface area contributed by atoms with Gasteiger partial charge in [-0.1, -0.05) is 0 Å². The molecule has 0 N–H and O–H groups in total. The van der Waals surface area contributed by atoms with Crippen LogP contribution in [0.4, 0.5) is 13.2 Å². The Balaban J connectivity index is 2.15. The molecule has 9 heteroatoms. The number of hydrogen-bond acceptors (Lipinski definition) is 4. The summed E-state index contributed by atoms with van der Waals surface area (Å²) in [6, 6.07) is 4.65. The van der Waals surface area contributed by atoms with Crippen LogP contribution in [0, 0.1) is 17.5 Å². The standard InChI is InChI=1S/C21H20BrF3N2O3/c1-4-30-21(28)13-6-17(25)20-18(7-13)27(10-11(2)29-3)19(26-20)8-12-5-16(24)14(22)9-15(12)23/h5-7,9,11H,4,8,10H2,1-3H3. The van der Waals surface area contributed by atoms with Gasteiger partial charge in [0, 0.05) is 13.5 Å². The highest BCUT2D eigenvalue weighted by Gasteiger charge is 2.21. The first-order chi connectivity index (χ1) is 14.2. The number of hydrogen-bond donors (Lipinski definition) is 0. The number of halogens is 4. The molecular formula is C21H20BrF3N2O3. The lowest BCUT2D eigenvalue weighted by Gasteiger charge is -2.15. The van der Waals surface area contributed by atoms with E-state index in [9.17, 15) is 18.0 Å². The van der Waals surface area contributed by atoms with E-state index in [0.717, 1.165) is 18.2 Å². The van der Waals surface area contributed by atoms with Gasteiger partial charge in [0.15, 0.2) is 5.82 Å². The minimum Gasteiger partial charge on any atom is -0.462 e. The van der Waals surface area contributed by atoms with Gasteiger partial charge in [-0.2, -0.15) is 0 Å². The number of carbonyl (C=O) groups is 1. The SMILES string of the molecule is CCOC(=O)c1cc(F)c2nc(Cc3cc(F)c(Br)cc3F)n(CC(C)OC)c2c1. The molecular weight excluding hydrogens is 465 g/mol. The van der Waals surface area contributed by atoms with Crippen molar-refractivity contribution in [1.82, 2.24) is 9.55 Å². The van der Waals surface area contributed by atoms with E-state index in [1.807, 2.05) is 0 Å². The average Bonchev–Trinajstić information content (AvgIpc) is 3.04. The number of benzene rings is 2. The predicted octanol–water partition coefficient (Wildman–Crippen LogP) is 5.02. The van der Waals surface area contributed by atoms with E-state index >= 15 is 0 Å². The van der Waals surface area contributed by atoms with Gasteiger partial charge in [0.1, 0.15) is 23.0 Å². The van der Waals surface area contributed by atoms with Crippen molar-refractivity contribution in [3.8, 4) is 0 Å². The maximum atomic E-state index is 14.7. The second-order valence-electron chi connectivity index (χ2n) is 6.77. The number of carbonyl (C=O) groups excluding carboxylic acids is 1. The number of nitrogens with zero attached hydrogens (tertiary/aromatic N) is 2. The van der Waals surface area contributed by atoms with Gasteiger partial charge in [-0.05, 0) is 59.6 Å². The maximum absolute atomic E-state index is 14.7. The van der Waals surface area contributed by atoms with Gasteiger partial charge in [-0.3, -0.25) is 0 Å². The zero-order valence-electron chi connectivity index (χ0n) is 16.6. The Morgan fingerprint density at radius 3 is 2.57 bits per heavy atom. The molecule has 30 heavy (non-hydrogen) atoms. The van der Waals surface area contributed by atoms with Crippen molar-refractivity contribution in [2.45, 2.75) is 32.9 Å². The molecule has 1 atom stereocenters. The van der Waals surface area contributed by atoms with Crippen molar-refractivity contribution in [3.05, 3.63) is 63.1 Å². The predicted molar refractivity (Wildman–Crippen MR) is 109 cm³/mol. The Kier molecular flexibility index (Phi) is 6.82. The largest absolute Gasteiger partial charge is 0.462 e. The minimum absolute atomic E-state index is 0.00961. The number of ether oxygens (including phenoxy) is 2. The van der Waals surface area contributed by atoms with E-state index in [2.05, 4.69) is 20.9 Å². The number of fused-ring (bicyclic) bond motifs is 1. The molecule has 0 saturated carbocycles. The molecule has 0 bridgehead atoms. The molecule has 5 nitrogen and oxygen atoms in total. The summed E-state index contributed by atoms with van der Waals surface area (Å²) in [6.07, 6.45) is -0.350. The maximum Gasteiger partial charge on any atom is 0.338 e. The molecule has 0 fully saturated rings. The van der Waals surface area contributed by atoms with Crippen LogP contribution in [0.1, 0.15) is 35.6 Å². The van der Waals surface area contributed by atoms with Crippen molar-refractivity contribution < 1.29 is 27.4 Å². The number of rotatable bonds is 7. The van der Waals surface area contributed by atoms with Crippen molar-refractivity contribution in [2.24, 2.45) is 0 Å². The van der Waals surface area contributed by atoms with E-state index in [1.54, 1.807) is 18.4 Å². The monoisotopic (exact) mass is 484 g/mol. The summed E-state index contributed by atoms with van der Waals surface area (Å²) in [6.45, 7) is 3.88. The number of esters is 1. The fourth-order valence-corrected chi connectivity index (χ4v) is 3.42. The van der Waals surface area contributed by atoms with Crippen LogP contribution in [0.3, 0.4) is 0 Å². The molecule has 1 unspecified atom stereocenters. The van der Waals surface area contributed by atoms with E-state index in [-0.39, 0.29) is 46.8 Å². The van der Waals surface area contributed by atoms with Gasteiger partial charge in [-0.15, -0.1) is 0 Å². The van der Waals surface area contributed by atoms with E-state index < -0.39 is 23.4 Å². The van der Waals surface area contributed by atoms with Crippen molar-refractivity contribution in [2.75, 3.05) is 13.7 Å². The van der Waals surface area contributed by atoms with Crippen molar-refractivity contribution in [3.63, 3.8) is 0 Å². The topological polar surface area (TPSA) is 53.3 Å². The fourth-order valence-electron chi connectivity index (χ4n) is 3.10. The second-order valence-corrected chi connectivity index (χ2v) is 7.62. The first-order valence-electron chi connectivity index (χ1n) is 9.27. The third-order valence-electron chi connectivity index (χ3n) is 4.68. The van der Waals surface area contributed by atoms with Crippen LogP contribution < -0.4 is 0 Å². The van der Waals surface area contributed by atoms with Crippen LogP contribution in [0.5, 0.6) is 0 Å². The molecule has 3 aromatic rings. The van der Waals surface area contributed by atoms with Crippen LogP contribution in [-0.4, -0.2) is 35.3 Å². The molecule has 0 aliphatic carbocycles. The van der Waals surface area contributed by atoms with E-state index in [0.29, 0.717) is 11.3 Å². The summed E-state index contributed by atoms with van der Waals surface area (Å²) in [7, 11) is 1.53. The van der Waals surface area contributed by atoms with Crippen LogP contribution in [-0.2, 0) is 22.4 Å². The quantitative estimate of drug-likeness (QED) is 0.349. The van der Waals surface area contributed by atoms with Gasteiger partial charge in [0.05, 0.1) is 34.8 Å². The lowest BCUT2D eigenvalue weighted by Crippen LogP contribution is -2.17. The molecule has 3 rings (SSSR count). The Hall–Kier alpha value is -2.39. The van der Waals surface area contributed by atoms with Crippen molar-refractivity contribution >= 4 is 32.9 Å². The van der Waals surface area contributed by atoms with Crippen LogP contribution in [0.25, 0.3) is 11.0 Å². The summed E-state index contributed by atoms with van der Waals surface area (Å²) >= 11 is 2.95. The van der Waals surface area contributed by atoms with Gasteiger partial charge >= 0.3 is 5.97 Å². The molecule has 0 saturated heterocycles. The first kappa shape index (κ1) is 22.3. The highest BCUT2D eigenvalue weighted by Crippen LogP contribution is 2.26. The molecule has 0 spiro atoms. The fraction of sp³-hybridized carbons (Fsp3) is 0.333. The normalized spacial score (nSPS) is 12.4. The molecule has 2 aromatic carbocycles. The summed E-state index contributed by atoms with van der Waals surface area (Å²) in [5, 5.41) is 0. The van der Waals surface area contributed by atoms with Crippen LogP contribution in [0.15, 0.2) is 28.7 Å². The van der Waals surface area contributed by atoms with E-state index in [4.69, 9.17) is 9.47 Å². The van der Waals surface area contributed by atoms with Gasteiger partial charge in [-0.25, -0.2) is 22.9 Å². The molecule has 0 radical (unpaired) electrons. The average molecular weight is 485 g/mol. The van der Waals surface area contributed by atoms with Gasteiger partial charge < -0.3 is 14.0 Å². The molecule has 160 valence electrons. The van der Waals surface area contributed by atoms with Crippen molar-refractivity contribution in [1.29, 1.82) is 0 Å². The third-order valence-corrected chi connectivity index (χ3v) is 5.29. The van der Waals surface area contributed by atoms with Gasteiger partial charge in [0.2, 0.25) is 0 Å². The smallest absolute Gasteiger partial charge is 0.338 e. The number of aromatic nitrogens is 2. The Labute approximate surface area is 179 Å². The zero-order chi connectivity index (χ0) is 22.0. The summed E-state index contributed by atoms with van der Waals surface area (Å²) in [4.78, 5) is 16.4. The van der Waals surface area contributed by atoms with Gasteiger partial charge in [0.25, 0.3) is 0 Å². The Bertz CT molecular complexity index is 1100. The Morgan fingerprint density at radius 2 is 1.90 bits per heavy atom. The summed E-state index contributed by atoms with van der Waals surface area (Å²) < 4.78 is 55.0. The lowest BCUT2D eigenvalue weighted by atomic mass is 10.1. The highest BCUT2D eigenvalue weighted by molar-refractivity contribution is 9.10. The summed E-state index contributed by atoms with van der Waals surface area (Å²) in [5.74, 6) is -2.28. The second kappa shape index (κ2) is 9.18. The van der Waals surface area contributed by atoms with Crippen LogP contribution in [0.2, 0.25) is 0 Å². The number of imidazole rings is 1. The summed E-state index contributed by atoms with van der Waals surface area (Å²) in [5.41, 5.74) is 0.484. The van der Waals surface area contributed by atoms with E-state index in [1.165, 1.54) is 13.2 Å². The first-order valence-corrected chi connectivity index (χ1v) is 10.1. The zero-order valence-corrected chi connectivity index (χ0v) is 18.2. The third kappa shape index (κ3) is 4.52. The van der Waals surface area contributed by atoms with Crippen LogP contribution >= 0.6 is 15.9 Å². The Morgan fingerprint density at radius 1 is 1.17 bits per heavy atom. The highest BCUT2D eigenvalue weighted by atomic mass is 79.9. The number of methoxy groups -OCH3 is 1. The molecule has 0 aliphatic rings.